The summed E-state index contributed by atoms with van der Waals surface area (Å²) in [5.41, 5.74) is 9.89. The Bertz CT molecular complexity index is 406. The molecule has 84 valence electrons. The smallest absolute Gasteiger partial charge is 0.0725 e. The molecule has 0 aromatic heterocycles. The number of ether oxygens (including phenoxy) is 1. The van der Waals surface area contributed by atoms with Gasteiger partial charge in [-0.25, -0.2) is 0 Å². The minimum Gasteiger partial charge on any atom is -0.372 e. The van der Waals surface area contributed by atoms with Crippen LogP contribution in [0.5, 0.6) is 0 Å². The van der Waals surface area contributed by atoms with Crippen LogP contribution in [0.4, 0.5) is 0 Å². The fourth-order valence-corrected chi connectivity index (χ4v) is 2.01. The molecule has 2 heteroatoms. The third kappa shape index (κ3) is 2.44. The van der Waals surface area contributed by atoms with Gasteiger partial charge in [0, 0.05) is 12.5 Å². The molecular weight excluding hydrogens is 198 g/mol. The molecule has 1 aromatic rings. The largest absolute Gasteiger partial charge is 0.372 e. The maximum Gasteiger partial charge on any atom is 0.0725 e. The van der Waals surface area contributed by atoms with Gasteiger partial charge in [-0.2, -0.15) is 0 Å². The van der Waals surface area contributed by atoms with Crippen molar-refractivity contribution < 1.29 is 4.74 Å². The number of benzene rings is 1. The number of terminal acetylenes is 1. The highest BCUT2D eigenvalue weighted by Crippen LogP contribution is 2.24. The first-order chi connectivity index (χ1) is 7.81. The van der Waals surface area contributed by atoms with Crippen molar-refractivity contribution in [1.29, 1.82) is 0 Å². The number of fused-ring (bicyclic) bond motifs is 1. The molecule has 1 atom stereocenters. The molecule has 2 N–H and O–H groups in total. The predicted octanol–water partition coefficient (Wildman–Crippen LogP) is 2.52. The van der Waals surface area contributed by atoms with Gasteiger partial charge < -0.3 is 10.5 Å². The second-order valence-corrected chi connectivity index (χ2v) is 4.22. The summed E-state index contributed by atoms with van der Waals surface area (Å²) in [5.74, 6) is 2.64. The van der Waals surface area contributed by atoms with E-state index in [0.29, 0.717) is 0 Å². The summed E-state index contributed by atoms with van der Waals surface area (Å²) in [6.45, 7) is 1.46. The number of hydrogen-bond acceptors (Lipinski definition) is 2. The Kier molecular flexibility index (Phi) is 3.61. The summed E-state index contributed by atoms with van der Waals surface area (Å²) in [5, 5.41) is 0. The van der Waals surface area contributed by atoms with Crippen LogP contribution in [-0.2, 0) is 18.0 Å². The van der Waals surface area contributed by atoms with Crippen LogP contribution in [0.1, 0.15) is 42.0 Å². The topological polar surface area (TPSA) is 35.2 Å². The average Bonchev–Trinajstić information content (AvgIpc) is 2.76. The van der Waals surface area contributed by atoms with Gasteiger partial charge in [-0.1, -0.05) is 18.2 Å². The second kappa shape index (κ2) is 5.16. The van der Waals surface area contributed by atoms with Gasteiger partial charge in [0.1, 0.15) is 0 Å². The molecule has 2 nitrogen and oxygen atoms in total. The summed E-state index contributed by atoms with van der Waals surface area (Å²) in [6, 6.07) is 6.49. The Morgan fingerprint density at radius 1 is 1.38 bits per heavy atom. The third-order valence-electron chi connectivity index (χ3n) is 3.01. The molecule has 1 unspecified atom stereocenters. The molecule has 0 amide bonds. The van der Waals surface area contributed by atoms with E-state index in [9.17, 15) is 0 Å². The molecule has 1 aliphatic heterocycles. The molecular formula is C14H17NO. The van der Waals surface area contributed by atoms with Crippen LogP contribution in [0, 0.1) is 12.3 Å². The van der Waals surface area contributed by atoms with Crippen molar-refractivity contribution in [3.05, 3.63) is 34.9 Å². The normalized spacial score (nSPS) is 15.5. The summed E-state index contributed by atoms with van der Waals surface area (Å²) >= 11 is 0. The van der Waals surface area contributed by atoms with Crippen molar-refractivity contribution in [2.45, 2.75) is 38.5 Å². The molecule has 0 bridgehead atoms. The Morgan fingerprint density at radius 2 is 2.19 bits per heavy atom. The zero-order valence-electron chi connectivity index (χ0n) is 9.41. The van der Waals surface area contributed by atoms with Gasteiger partial charge in [-0.3, -0.25) is 0 Å². The van der Waals surface area contributed by atoms with E-state index < -0.39 is 0 Å². The number of nitrogens with two attached hydrogens (primary N) is 1. The maximum atomic E-state index is 6.12. The minimum absolute atomic E-state index is 0.0965. The Hall–Kier alpha value is -1.30. The van der Waals surface area contributed by atoms with Gasteiger partial charge in [-0.05, 0) is 29.5 Å². The van der Waals surface area contributed by atoms with Gasteiger partial charge >= 0.3 is 0 Å². The van der Waals surface area contributed by atoms with Crippen molar-refractivity contribution >= 4 is 0 Å². The van der Waals surface area contributed by atoms with E-state index in [1.165, 1.54) is 16.7 Å². The molecule has 0 saturated heterocycles. The highest BCUT2D eigenvalue weighted by molar-refractivity contribution is 5.34. The predicted molar refractivity (Wildman–Crippen MR) is 64.5 cm³/mol. The lowest BCUT2D eigenvalue weighted by Gasteiger charge is -2.12. The quantitative estimate of drug-likeness (QED) is 0.618. The van der Waals surface area contributed by atoms with Crippen molar-refractivity contribution in [2.75, 3.05) is 0 Å². The second-order valence-electron chi connectivity index (χ2n) is 4.22. The van der Waals surface area contributed by atoms with Crippen molar-refractivity contribution in [3.63, 3.8) is 0 Å². The van der Waals surface area contributed by atoms with Crippen molar-refractivity contribution in [3.8, 4) is 12.3 Å². The van der Waals surface area contributed by atoms with Crippen LogP contribution < -0.4 is 5.73 Å². The standard InChI is InChI=1S/C14H17NO/c1-2-3-4-5-14(15)11-6-7-12-9-16-10-13(12)8-11/h1,6-8,14H,3-5,9-10,15H2. The molecule has 1 aromatic carbocycles. The van der Waals surface area contributed by atoms with E-state index in [-0.39, 0.29) is 6.04 Å². The van der Waals surface area contributed by atoms with Crippen molar-refractivity contribution in [2.24, 2.45) is 5.73 Å². The lowest BCUT2D eigenvalue weighted by molar-refractivity contribution is 0.134. The van der Waals surface area contributed by atoms with Gasteiger partial charge in [0.2, 0.25) is 0 Å². The summed E-state index contributed by atoms with van der Waals surface area (Å²) in [4.78, 5) is 0. The molecule has 16 heavy (non-hydrogen) atoms. The molecule has 0 radical (unpaired) electrons. The minimum atomic E-state index is 0.0965. The Balaban J connectivity index is 2.01. The zero-order valence-corrected chi connectivity index (χ0v) is 9.41. The van der Waals surface area contributed by atoms with Gasteiger partial charge in [-0.15, -0.1) is 12.3 Å². The molecule has 0 aliphatic carbocycles. The summed E-state index contributed by atoms with van der Waals surface area (Å²) in [7, 11) is 0. The van der Waals surface area contributed by atoms with Crippen LogP contribution in [0.25, 0.3) is 0 Å². The van der Waals surface area contributed by atoms with E-state index in [4.69, 9.17) is 16.9 Å². The van der Waals surface area contributed by atoms with E-state index in [2.05, 4.69) is 24.1 Å². The Morgan fingerprint density at radius 3 is 3.00 bits per heavy atom. The first-order valence-corrected chi connectivity index (χ1v) is 5.69. The zero-order chi connectivity index (χ0) is 11.4. The number of hydrogen-bond donors (Lipinski definition) is 1. The van der Waals surface area contributed by atoms with E-state index in [0.717, 1.165) is 32.5 Å². The van der Waals surface area contributed by atoms with Crippen LogP contribution in [0.2, 0.25) is 0 Å². The highest BCUT2D eigenvalue weighted by Gasteiger charge is 2.13. The highest BCUT2D eigenvalue weighted by atomic mass is 16.5. The van der Waals surface area contributed by atoms with Crippen LogP contribution in [0.15, 0.2) is 18.2 Å². The third-order valence-corrected chi connectivity index (χ3v) is 3.01. The number of unbranched alkanes of at least 4 members (excludes halogenated alkanes) is 1. The van der Waals surface area contributed by atoms with E-state index in [1.807, 2.05) is 0 Å². The molecule has 2 rings (SSSR count). The molecule has 0 saturated carbocycles. The molecule has 1 aliphatic rings. The van der Waals surface area contributed by atoms with E-state index in [1.54, 1.807) is 0 Å². The molecule has 0 fully saturated rings. The van der Waals surface area contributed by atoms with Crippen LogP contribution in [0.3, 0.4) is 0 Å². The monoisotopic (exact) mass is 215 g/mol. The number of rotatable bonds is 4. The lowest BCUT2D eigenvalue weighted by Crippen LogP contribution is -2.10. The fourth-order valence-electron chi connectivity index (χ4n) is 2.01. The van der Waals surface area contributed by atoms with Crippen LogP contribution >= 0.6 is 0 Å². The first-order valence-electron chi connectivity index (χ1n) is 5.69. The van der Waals surface area contributed by atoms with Gasteiger partial charge in [0.15, 0.2) is 0 Å². The summed E-state index contributed by atoms with van der Waals surface area (Å²) < 4.78 is 5.38. The first kappa shape index (κ1) is 11.2. The average molecular weight is 215 g/mol. The van der Waals surface area contributed by atoms with Crippen LogP contribution in [-0.4, -0.2) is 0 Å². The summed E-state index contributed by atoms with van der Waals surface area (Å²) in [6.07, 6.45) is 7.97. The van der Waals surface area contributed by atoms with E-state index >= 15 is 0 Å². The molecule has 1 heterocycles. The van der Waals surface area contributed by atoms with Crippen molar-refractivity contribution in [1.82, 2.24) is 0 Å². The SMILES string of the molecule is C#CCCCC(N)c1ccc2c(c1)COC2. The Labute approximate surface area is 96.8 Å². The maximum absolute atomic E-state index is 6.12. The fraction of sp³-hybridized carbons (Fsp3) is 0.429. The lowest BCUT2D eigenvalue weighted by atomic mass is 9.98. The van der Waals surface area contributed by atoms with Gasteiger partial charge in [0.05, 0.1) is 13.2 Å². The molecule has 0 spiro atoms. The van der Waals surface area contributed by atoms with Gasteiger partial charge in [0.25, 0.3) is 0 Å².